The predicted octanol–water partition coefficient (Wildman–Crippen LogP) is 4.94. The molecule has 1 saturated heterocycles. The maximum atomic E-state index is 13.3. The first-order valence-electron chi connectivity index (χ1n) is 10.6. The summed E-state index contributed by atoms with van der Waals surface area (Å²) in [6.07, 6.45) is 3.21. The molecule has 1 amide bonds. The molecular formula is C26H21N3O4S. The summed E-state index contributed by atoms with van der Waals surface area (Å²) in [4.78, 5) is 36.8. The largest absolute Gasteiger partial charge is 0.507 e. The summed E-state index contributed by atoms with van der Waals surface area (Å²) < 4.78 is 6.11. The van der Waals surface area contributed by atoms with E-state index in [1.165, 1.54) is 16.2 Å². The number of hydrogen-bond acceptors (Lipinski definition) is 7. The van der Waals surface area contributed by atoms with Crippen LogP contribution in [0, 0.1) is 13.8 Å². The number of aromatic nitrogens is 2. The lowest BCUT2D eigenvalue weighted by molar-refractivity contribution is -0.132. The molecule has 0 saturated carbocycles. The first-order chi connectivity index (χ1) is 16.4. The number of benzene rings is 2. The molecule has 1 unspecified atom stereocenters. The van der Waals surface area contributed by atoms with Crippen molar-refractivity contribution < 1.29 is 19.4 Å². The van der Waals surface area contributed by atoms with Gasteiger partial charge in [0.2, 0.25) is 0 Å². The lowest BCUT2D eigenvalue weighted by Gasteiger charge is -2.22. The summed E-state index contributed by atoms with van der Waals surface area (Å²) in [5.74, 6) is -1.04. The summed E-state index contributed by atoms with van der Waals surface area (Å²) in [7, 11) is 1.58. The van der Waals surface area contributed by atoms with Gasteiger partial charge < -0.3 is 9.84 Å². The fraction of sp³-hybridized carbons (Fsp3) is 0.154. The van der Waals surface area contributed by atoms with Crippen molar-refractivity contribution in [2.45, 2.75) is 19.9 Å². The third kappa shape index (κ3) is 3.52. The molecule has 1 N–H and O–H groups in total. The van der Waals surface area contributed by atoms with Crippen molar-refractivity contribution in [3.05, 3.63) is 88.8 Å². The monoisotopic (exact) mass is 471 g/mol. The summed E-state index contributed by atoms with van der Waals surface area (Å²) in [6, 6.07) is 13.7. The van der Waals surface area contributed by atoms with Crippen LogP contribution in [0.15, 0.2) is 66.5 Å². The van der Waals surface area contributed by atoms with Crippen molar-refractivity contribution in [1.82, 2.24) is 9.97 Å². The number of Topliss-reactive ketones (excluding diaryl/α,β-unsaturated/α-hetero) is 1. The molecule has 0 spiro atoms. The topological polar surface area (TPSA) is 92.6 Å². The zero-order chi connectivity index (χ0) is 24.0. The van der Waals surface area contributed by atoms with E-state index in [0.717, 1.165) is 15.8 Å². The normalized spacial score (nSPS) is 17.5. The summed E-state index contributed by atoms with van der Waals surface area (Å²) >= 11 is 1.28. The molecule has 4 aromatic rings. The van der Waals surface area contributed by atoms with Gasteiger partial charge in [0.15, 0.2) is 5.13 Å². The summed E-state index contributed by atoms with van der Waals surface area (Å²) in [5.41, 5.74) is 3.54. The third-order valence-electron chi connectivity index (χ3n) is 5.88. The Balaban J connectivity index is 1.73. The zero-order valence-electron chi connectivity index (χ0n) is 18.8. The van der Waals surface area contributed by atoms with Gasteiger partial charge in [0.1, 0.15) is 11.5 Å². The molecule has 34 heavy (non-hydrogen) atoms. The molecule has 0 radical (unpaired) electrons. The van der Waals surface area contributed by atoms with Gasteiger partial charge in [-0.25, -0.2) is 4.98 Å². The molecule has 0 aliphatic carbocycles. The number of aliphatic hydroxyl groups is 1. The molecule has 2 aromatic carbocycles. The van der Waals surface area contributed by atoms with Gasteiger partial charge in [-0.1, -0.05) is 35.1 Å². The number of ether oxygens (including phenoxy) is 1. The molecular weight excluding hydrogens is 450 g/mol. The van der Waals surface area contributed by atoms with Gasteiger partial charge in [0.25, 0.3) is 5.78 Å². The molecule has 1 aliphatic heterocycles. The Labute approximate surface area is 200 Å². The second-order valence-corrected chi connectivity index (χ2v) is 9.11. The van der Waals surface area contributed by atoms with E-state index in [0.29, 0.717) is 27.5 Å². The van der Waals surface area contributed by atoms with Crippen molar-refractivity contribution in [2.75, 3.05) is 12.0 Å². The summed E-state index contributed by atoms with van der Waals surface area (Å²) in [6.45, 7) is 3.76. The van der Waals surface area contributed by atoms with Gasteiger partial charge in [-0.2, -0.15) is 0 Å². The lowest BCUT2D eigenvalue weighted by Crippen LogP contribution is -2.29. The predicted molar refractivity (Wildman–Crippen MR) is 131 cm³/mol. The van der Waals surface area contributed by atoms with E-state index >= 15 is 0 Å². The number of rotatable bonds is 4. The molecule has 170 valence electrons. The molecule has 8 heteroatoms. The zero-order valence-corrected chi connectivity index (χ0v) is 19.6. The number of fused-ring (bicyclic) bond motifs is 1. The van der Waals surface area contributed by atoms with Crippen LogP contribution in [0.3, 0.4) is 0 Å². The van der Waals surface area contributed by atoms with Gasteiger partial charge in [0, 0.05) is 18.0 Å². The van der Waals surface area contributed by atoms with Gasteiger partial charge in [-0.3, -0.25) is 19.5 Å². The number of nitrogens with zero attached hydrogens (tertiary/aromatic N) is 3. The number of amides is 1. The molecule has 3 heterocycles. The number of ketones is 1. The number of carbonyl (C=O) groups is 2. The molecule has 5 rings (SSSR count). The van der Waals surface area contributed by atoms with Crippen LogP contribution in [-0.2, 0) is 9.59 Å². The van der Waals surface area contributed by atoms with Gasteiger partial charge >= 0.3 is 5.91 Å². The number of methoxy groups -OCH3 is 1. The second kappa shape index (κ2) is 8.39. The average molecular weight is 472 g/mol. The quantitative estimate of drug-likeness (QED) is 0.257. The van der Waals surface area contributed by atoms with Gasteiger partial charge in [-0.05, 0) is 55.3 Å². The molecule has 0 bridgehead atoms. The van der Waals surface area contributed by atoms with E-state index in [-0.39, 0.29) is 11.3 Å². The van der Waals surface area contributed by atoms with Gasteiger partial charge in [-0.15, -0.1) is 0 Å². The second-order valence-electron chi connectivity index (χ2n) is 8.10. The van der Waals surface area contributed by atoms with Crippen LogP contribution >= 0.6 is 11.3 Å². The highest BCUT2D eigenvalue weighted by Gasteiger charge is 2.48. The minimum absolute atomic E-state index is 0.0172. The Bertz CT molecular complexity index is 1480. The number of aryl methyl sites for hydroxylation is 2. The van der Waals surface area contributed by atoms with E-state index < -0.39 is 17.7 Å². The Kier molecular flexibility index (Phi) is 5.37. The molecule has 1 fully saturated rings. The van der Waals surface area contributed by atoms with Crippen LogP contribution < -0.4 is 9.64 Å². The highest BCUT2D eigenvalue weighted by molar-refractivity contribution is 7.22. The van der Waals surface area contributed by atoms with E-state index in [4.69, 9.17) is 4.74 Å². The lowest BCUT2D eigenvalue weighted by atomic mass is 9.94. The Morgan fingerprint density at radius 1 is 1.12 bits per heavy atom. The van der Waals surface area contributed by atoms with Crippen molar-refractivity contribution in [3.63, 3.8) is 0 Å². The number of thiazole rings is 1. The number of hydrogen-bond donors (Lipinski definition) is 1. The highest BCUT2D eigenvalue weighted by atomic mass is 32.1. The molecule has 1 aliphatic rings. The molecule has 1 atom stereocenters. The Hall–Kier alpha value is -4.04. The maximum Gasteiger partial charge on any atom is 0.301 e. The standard InChI is InChI=1S/C26H21N3O4S/c1-14-6-7-15(2)18(11-14)23(30)21-22(16-5-4-10-27-13-16)29(25(32)24(21)31)26-28-19-9-8-17(33-3)12-20(19)34-26/h4-13,22,30H,1-3H3. The van der Waals surface area contributed by atoms with Crippen LogP contribution in [0.1, 0.15) is 28.3 Å². The SMILES string of the molecule is COc1ccc2nc(N3C(=O)C(=O)C(=C(O)c4cc(C)ccc4C)C3c3cccnc3)sc2c1. The van der Waals surface area contributed by atoms with Crippen molar-refractivity contribution in [3.8, 4) is 5.75 Å². The Morgan fingerprint density at radius 2 is 1.94 bits per heavy atom. The van der Waals surface area contributed by atoms with Crippen LogP contribution in [-0.4, -0.2) is 33.9 Å². The average Bonchev–Trinajstić information content (AvgIpc) is 3.38. The van der Waals surface area contributed by atoms with E-state index in [1.807, 2.05) is 38.1 Å². The fourth-order valence-corrected chi connectivity index (χ4v) is 5.16. The van der Waals surface area contributed by atoms with E-state index in [2.05, 4.69) is 9.97 Å². The van der Waals surface area contributed by atoms with Crippen LogP contribution in [0.25, 0.3) is 16.0 Å². The molecule has 2 aromatic heterocycles. The van der Waals surface area contributed by atoms with Crippen LogP contribution in [0.2, 0.25) is 0 Å². The van der Waals surface area contributed by atoms with Crippen LogP contribution in [0.5, 0.6) is 5.75 Å². The first kappa shape index (κ1) is 21.8. The fourth-order valence-electron chi connectivity index (χ4n) is 4.14. The number of carbonyl (C=O) groups excluding carboxylic acids is 2. The third-order valence-corrected chi connectivity index (χ3v) is 6.90. The number of pyridine rings is 1. The smallest absolute Gasteiger partial charge is 0.301 e. The van der Waals surface area contributed by atoms with E-state index in [9.17, 15) is 14.7 Å². The number of aliphatic hydroxyl groups excluding tert-OH is 1. The van der Waals surface area contributed by atoms with Gasteiger partial charge in [0.05, 0.1) is 28.9 Å². The molecule has 7 nitrogen and oxygen atoms in total. The minimum Gasteiger partial charge on any atom is -0.507 e. The highest BCUT2D eigenvalue weighted by Crippen LogP contribution is 2.44. The van der Waals surface area contributed by atoms with Crippen LogP contribution in [0.4, 0.5) is 5.13 Å². The minimum atomic E-state index is -0.865. The van der Waals surface area contributed by atoms with Crippen molar-refractivity contribution in [1.29, 1.82) is 0 Å². The first-order valence-corrected chi connectivity index (χ1v) is 11.4. The summed E-state index contributed by atoms with van der Waals surface area (Å²) in [5, 5.41) is 11.7. The maximum absolute atomic E-state index is 13.3. The number of anilines is 1. The van der Waals surface area contributed by atoms with Crippen molar-refractivity contribution in [2.24, 2.45) is 0 Å². The Morgan fingerprint density at radius 3 is 2.68 bits per heavy atom. The van der Waals surface area contributed by atoms with Crippen molar-refractivity contribution >= 4 is 44.1 Å². The van der Waals surface area contributed by atoms with E-state index in [1.54, 1.807) is 43.8 Å².